The van der Waals surface area contributed by atoms with Crippen LogP contribution in [-0.4, -0.2) is 67.7 Å². The lowest BCUT2D eigenvalue weighted by Gasteiger charge is -2.42. The second-order valence-corrected chi connectivity index (χ2v) is 8.20. The zero-order valence-corrected chi connectivity index (χ0v) is 19.7. The summed E-state index contributed by atoms with van der Waals surface area (Å²) in [4.78, 5) is 9.35. The minimum absolute atomic E-state index is 0. The Morgan fingerprint density at radius 3 is 2.48 bits per heavy atom. The maximum atomic E-state index is 6.11. The van der Waals surface area contributed by atoms with Crippen LogP contribution >= 0.6 is 35.6 Å². The van der Waals surface area contributed by atoms with E-state index >= 15 is 0 Å². The molecule has 27 heavy (non-hydrogen) atoms. The predicted octanol–water partition coefficient (Wildman–Crippen LogP) is 3.78. The van der Waals surface area contributed by atoms with Crippen molar-refractivity contribution in [3.63, 3.8) is 0 Å². The highest BCUT2D eigenvalue weighted by molar-refractivity contribution is 14.0. The van der Waals surface area contributed by atoms with Gasteiger partial charge in [0.2, 0.25) is 0 Å². The first kappa shape index (κ1) is 22.7. The van der Waals surface area contributed by atoms with Crippen molar-refractivity contribution in [2.75, 3.05) is 46.4 Å². The van der Waals surface area contributed by atoms with E-state index in [1.165, 1.54) is 18.4 Å². The van der Waals surface area contributed by atoms with E-state index in [9.17, 15) is 0 Å². The molecule has 0 saturated carbocycles. The highest BCUT2D eigenvalue weighted by atomic mass is 127. The number of guanidine groups is 1. The molecule has 2 aliphatic rings. The fourth-order valence-corrected chi connectivity index (χ4v) is 4.04. The van der Waals surface area contributed by atoms with E-state index in [2.05, 4.69) is 46.1 Å². The van der Waals surface area contributed by atoms with Crippen LogP contribution in [0.25, 0.3) is 0 Å². The largest absolute Gasteiger partial charge is 0.373 e. The number of hydrogen-bond donors (Lipinski definition) is 1. The molecule has 7 heteroatoms. The summed E-state index contributed by atoms with van der Waals surface area (Å²) in [5, 5.41) is 4.38. The van der Waals surface area contributed by atoms with E-state index in [1.807, 2.05) is 19.2 Å². The van der Waals surface area contributed by atoms with Crippen molar-refractivity contribution in [1.82, 2.24) is 15.1 Å². The lowest BCUT2D eigenvalue weighted by atomic mass is 10.0. The molecule has 0 amide bonds. The monoisotopic (exact) mass is 506 g/mol. The van der Waals surface area contributed by atoms with Gasteiger partial charge < -0.3 is 15.0 Å². The van der Waals surface area contributed by atoms with Gasteiger partial charge in [-0.05, 0) is 44.4 Å². The minimum Gasteiger partial charge on any atom is -0.373 e. The van der Waals surface area contributed by atoms with Crippen molar-refractivity contribution in [3.8, 4) is 0 Å². The van der Waals surface area contributed by atoms with Crippen LogP contribution in [0.4, 0.5) is 0 Å². The van der Waals surface area contributed by atoms with Crippen LogP contribution in [0.2, 0.25) is 5.02 Å². The zero-order chi connectivity index (χ0) is 18.6. The summed E-state index contributed by atoms with van der Waals surface area (Å²) in [7, 11) is 1.87. The molecular weight excluding hydrogens is 475 g/mol. The first-order valence-electron chi connectivity index (χ1n) is 9.57. The number of ether oxygens (including phenoxy) is 1. The van der Waals surface area contributed by atoms with Gasteiger partial charge in [-0.3, -0.25) is 9.89 Å². The molecule has 3 rings (SSSR count). The molecule has 152 valence electrons. The Balaban J connectivity index is 0.00000261. The summed E-state index contributed by atoms with van der Waals surface area (Å²) in [5.41, 5.74) is 1.15. The predicted molar refractivity (Wildman–Crippen MR) is 123 cm³/mol. The summed E-state index contributed by atoms with van der Waals surface area (Å²) in [6, 6.07) is 8.48. The van der Waals surface area contributed by atoms with E-state index in [4.69, 9.17) is 16.3 Å². The van der Waals surface area contributed by atoms with Gasteiger partial charge in [0.1, 0.15) is 0 Å². The van der Waals surface area contributed by atoms with E-state index < -0.39 is 0 Å². The molecule has 1 aromatic carbocycles. The van der Waals surface area contributed by atoms with Gasteiger partial charge in [0.25, 0.3) is 0 Å². The average Bonchev–Trinajstić information content (AvgIpc) is 3.13. The van der Waals surface area contributed by atoms with Crippen molar-refractivity contribution in [2.24, 2.45) is 4.99 Å². The second-order valence-electron chi connectivity index (χ2n) is 7.77. The molecule has 0 spiro atoms. The van der Waals surface area contributed by atoms with Gasteiger partial charge in [0.15, 0.2) is 5.96 Å². The normalized spacial score (nSPS) is 21.6. The van der Waals surface area contributed by atoms with Gasteiger partial charge in [0.05, 0.1) is 18.2 Å². The van der Waals surface area contributed by atoms with Crippen molar-refractivity contribution in [2.45, 2.75) is 38.3 Å². The van der Waals surface area contributed by atoms with Crippen molar-refractivity contribution >= 4 is 41.5 Å². The molecule has 2 aliphatic heterocycles. The number of morpholine rings is 1. The number of nitrogens with zero attached hydrogens (tertiary/aromatic N) is 3. The Labute approximate surface area is 185 Å². The molecule has 1 aromatic rings. The fourth-order valence-electron chi connectivity index (χ4n) is 3.91. The molecular formula is C20H32ClIN4O. The number of halogens is 2. The zero-order valence-electron chi connectivity index (χ0n) is 16.6. The summed E-state index contributed by atoms with van der Waals surface area (Å²) >= 11 is 6.11. The van der Waals surface area contributed by atoms with E-state index in [0.717, 1.165) is 50.3 Å². The number of hydrogen-bond acceptors (Lipinski definition) is 3. The van der Waals surface area contributed by atoms with Gasteiger partial charge >= 0.3 is 0 Å². The van der Waals surface area contributed by atoms with Crippen molar-refractivity contribution in [1.29, 1.82) is 0 Å². The van der Waals surface area contributed by atoms with Crippen LogP contribution in [0, 0.1) is 0 Å². The smallest absolute Gasteiger partial charge is 0.193 e. The molecule has 1 atom stereocenters. The Hall–Kier alpha value is -0.570. The molecule has 0 aromatic heterocycles. The van der Waals surface area contributed by atoms with Crippen molar-refractivity contribution in [3.05, 3.63) is 34.9 Å². The van der Waals surface area contributed by atoms with Crippen LogP contribution in [0.3, 0.4) is 0 Å². The Kier molecular flexibility index (Phi) is 8.65. The molecule has 0 aliphatic carbocycles. The molecule has 2 saturated heterocycles. The molecule has 1 N–H and O–H groups in total. The Morgan fingerprint density at radius 1 is 1.22 bits per heavy atom. The lowest BCUT2D eigenvalue weighted by molar-refractivity contribution is -0.0971. The number of rotatable bonds is 4. The summed E-state index contributed by atoms with van der Waals surface area (Å²) < 4.78 is 5.91. The first-order valence-corrected chi connectivity index (χ1v) is 9.95. The second kappa shape index (κ2) is 10.3. The van der Waals surface area contributed by atoms with Gasteiger partial charge in [-0.1, -0.05) is 23.7 Å². The summed E-state index contributed by atoms with van der Waals surface area (Å²) in [5.74, 6) is 1.01. The molecule has 5 nitrogen and oxygen atoms in total. The Bertz CT molecular complexity index is 617. The van der Waals surface area contributed by atoms with Gasteiger partial charge in [0, 0.05) is 44.8 Å². The molecule has 1 unspecified atom stereocenters. The first-order chi connectivity index (χ1) is 12.5. The standard InChI is InChI=1S/C20H31ClN4O.HI/c1-20(2)15-25(12-13-26-20)18(16-6-8-17(21)9-7-16)14-23-19(22-3)24-10-4-5-11-24;/h6-9,18H,4-5,10-15H2,1-3H3,(H,22,23);1H. The van der Waals surface area contributed by atoms with Crippen LogP contribution in [0.15, 0.2) is 29.3 Å². The van der Waals surface area contributed by atoms with Crippen LogP contribution in [-0.2, 0) is 4.74 Å². The third-order valence-corrected chi connectivity index (χ3v) is 5.47. The topological polar surface area (TPSA) is 40.1 Å². The average molecular weight is 507 g/mol. The Morgan fingerprint density at radius 2 is 1.89 bits per heavy atom. The van der Waals surface area contributed by atoms with E-state index in [-0.39, 0.29) is 35.6 Å². The number of likely N-dealkylation sites (tertiary alicyclic amines) is 1. The van der Waals surface area contributed by atoms with Gasteiger partial charge in [-0.15, -0.1) is 24.0 Å². The molecule has 0 bridgehead atoms. The van der Waals surface area contributed by atoms with Crippen LogP contribution < -0.4 is 5.32 Å². The summed E-state index contributed by atoms with van der Waals surface area (Å²) in [6.07, 6.45) is 2.50. The van der Waals surface area contributed by atoms with Crippen LogP contribution in [0.1, 0.15) is 38.3 Å². The third kappa shape index (κ3) is 6.21. The van der Waals surface area contributed by atoms with E-state index in [1.54, 1.807) is 0 Å². The lowest BCUT2D eigenvalue weighted by Crippen LogP contribution is -2.52. The highest BCUT2D eigenvalue weighted by Crippen LogP contribution is 2.27. The number of aliphatic imine (C=N–C) groups is 1. The van der Waals surface area contributed by atoms with Gasteiger partial charge in [-0.2, -0.15) is 0 Å². The van der Waals surface area contributed by atoms with Gasteiger partial charge in [-0.25, -0.2) is 0 Å². The fraction of sp³-hybridized carbons (Fsp3) is 0.650. The molecule has 0 radical (unpaired) electrons. The van der Waals surface area contributed by atoms with Crippen molar-refractivity contribution < 1.29 is 4.74 Å². The number of nitrogens with one attached hydrogen (secondary N) is 1. The molecule has 2 heterocycles. The third-order valence-electron chi connectivity index (χ3n) is 5.22. The maximum absolute atomic E-state index is 6.11. The maximum Gasteiger partial charge on any atom is 0.193 e. The minimum atomic E-state index is -0.125. The number of benzene rings is 1. The highest BCUT2D eigenvalue weighted by Gasteiger charge is 2.32. The van der Waals surface area contributed by atoms with E-state index in [0.29, 0.717) is 0 Å². The quantitative estimate of drug-likeness (QED) is 0.383. The van der Waals surface area contributed by atoms with Crippen LogP contribution in [0.5, 0.6) is 0 Å². The summed E-state index contributed by atoms with van der Waals surface area (Å²) in [6.45, 7) is 9.93. The molecule has 2 fully saturated rings. The SMILES string of the molecule is CN=C(NCC(c1ccc(Cl)cc1)N1CCOC(C)(C)C1)N1CCCC1.I.